The summed E-state index contributed by atoms with van der Waals surface area (Å²) in [6.07, 6.45) is 6.05. The Morgan fingerprint density at radius 3 is 1.42 bits per heavy atom. The number of hydrogen-bond donors (Lipinski definition) is 2. The van der Waals surface area contributed by atoms with E-state index in [4.69, 9.17) is 23.4 Å². The van der Waals surface area contributed by atoms with E-state index in [9.17, 15) is 19.5 Å². The van der Waals surface area contributed by atoms with Crippen molar-refractivity contribution >= 4 is 115 Å². The normalized spacial score (nSPS) is 12.6. The summed E-state index contributed by atoms with van der Waals surface area (Å²) in [6.45, 7) is 22.9. The van der Waals surface area contributed by atoms with Crippen molar-refractivity contribution in [2.24, 2.45) is 0 Å². The van der Waals surface area contributed by atoms with Crippen LogP contribution in [0.25, 0.3) is 0 Å². The summed E-state index contributed by atoms with van der Waals surface area (Å²) >= 11 is 16.2. The highest BCUT2D eigenvalue weighted by atomic mass is 79.9. The van der Waals surface area contributed by atoms with Gasteiger partial charge in [-0.1, -0.05) is 41.5 Å². The molecule has 0 saturated heterocycles. The van der Waals surface area contributed by atoms with Crippen LogP contribution in [0, 0.1) is 0 Å². The number of aromatic nitrogens is 5. The van der Waals surface area contributed by atoms with Crippen molar-refractivity contribution in [2.75, 3.05) is 42.4 Å². The van der Waals surface area contributed by atoms with Gasteiger partial charge < -0.3 is 43.1 Å². The molecule has 424 valence electrons. The number of esters is 2. The maximum absolute atomic E-state index is 11.8. The minimum absolute atomic E-state index is 0.0491. The maximum atomic E-state index is 11.8. The van der Waals surface area contributed by atoms with E-state index in [1.165, 1.54) is 52.0 Å². The van der Waals surface area contributed by atoms with E-state index >= 15 is 0 Å². The first-order chi connectivity index (χ1) is 35.6. The van der Waals surface area contributed by atoms with Crippen LogP contribution in [0.1, 0.15) is 110 Å². The van der Waals surface area contributed by atoms with E-state index in [-0.39, 0.29) is 33.0 Å². The number of nitrogens with zero attached hydrogens (tertiary/aromatic N) is 7. The predicted octanol–water partition coefficient (Wildman–Crippen LogP) is 14.2. The lowest BCUT2D eigenvalue weighted by Gasteiger charge is -2.36. The molecule has 0 bridgehead atoms. The number of hydrogen-bond acceptors (Lipinski definition) is 17. The number of halogens is 5. The van der Waals surface area contributed by atoms with Gasteiger partial charge in [0.25, 0.3) is 16.6 Å². The predicted molar refractivity (Wildman–Crippen MR) is 324 cm³/mol. The lowest BCUT2D eigenvalue weighted by Crippen LogP contribution is -2.44. The summed E-state index contributed by atoms with van der Waals surface area (Å²) in [4.78, 5) is 58.3. The Kier molecular flexibility index (Phi) is 28.6. The number of ether oxygens (including phenoxy) is 3. The molecule has 1 aliphatic rings. The Balaban J connectivity index is 0.000000333. The second-order valence-corrected chi connectivity index (χ2v) is 34.5. The number of rotatable bonds is 13. The van der Waals surface area contributed by atoms with E-state index in [1.807, 2.05) is 45.2 Å². The Hall–Kier alpha value is -3.89. The molecule has 5 aromatic heterocycles. The molecule has 77 heavy (non-hydrogen) atoms. The van der Waals surface area contributed by atoms with Crippen molar-refractivity contribution in [1.29, 1.82) is 0 Å². The molecule has 24 heteroatoms. The van der Waals surface area contributed by atoms with E-state index in [0.717, 1.165) is 33.5 Å². The molecule has 1 aliphatic carbocycles. The van der Waals surface area contributed by atoms with Crippen LogP contribution in [-0.2, 0) is 22.6 Å². The summed E-state index contributed by atoms with van der Waals surface area (Å²) in [5, 5.41) is 18.7. The minimum atomic E-state index is -2.02. The van der Waals surface area contributed by atoms with Crippen LogP contribution in [0.4, 0.5) is 0 Å². The van der Waals surface area contributed by atoms with E-state index < -0.39 is 28.6 Å². The van der Waals surface area contributed by atoms with Crippen molar-refractivity contribution in [3.8, 4) is 28.7 Å². The third-order valence-corrected chi connectivity index (χ3v) is 23.0. The molecule has 1 fully saturated rings. The first kappa shape index (κ1) is 69.2. The molecular formula is C53H74Br5N7O10Si2. The van der Waals surface area contributed by atoms with Gasteiger partial charge in [0.15, 0.2) is 17.7 Å². The molecule has 5 aromatic rings. The maximum Gasteiger partial charge on any atom is 0.360 e. The number of methoxy groups -OCH3 is 2. The third-order valence-electron chi connectivity index (χ3n) is 12.1. The lowest BCUT2D eigenvalue weighted by molar-refractivity contribution is 0.0581. The zero-order chi connectivity index (χ0) is 58.6. The third kappa shape index (κ3) is 23.8. The highest BCUT2D eigenvalue weighted by Crippen LogP contribution is 2.39. The van der Waals surface area contributed by atoms with Crippen molar-refractivity contribution in [2.45, 2.75) is 123 Å². The molecule has 0 amide bonds. The lowest BCUT2D eigenvalue weighted by atomic mass is 10.2. The summed E-state index contributed by atoms with van der Waals surface area (Å²) < 4.78 is 30.7. The van der Waals surface area contributed by atoms with Gasteiger partial charge in [-0.2, -0.15) is 0 Å². The number of carbonyl (C=O) groups excluding carboxylic acids is 3. The largest absolute Gasteiger partial charge is 0.542 e. The van der Waals surface area contributed by atoms with Crippen molar-refractivity contribution in [1.82, 2.24) is 34.7 Å². The SMILES string of the molecule is CC(C)(C)[Si](C)(C)Oc1ccc(Br)nc1C=O.CN(C)Cc1nc(Br)ccc1O.CN(C)Cc1nc(Br)ccc1OC1CCCC1.COC(=O)c1nc(Br)ccc1O.COC(=O)c1nc(Br)ccc1O[Si](C)(C)C(C)(C)C. The Labute approximate surface area is 499 Å². The van der Waals surface area contributed by atoms with Crippen LogP contribution in [-0.4, -0.2) is 128 Å². The number of carbonyl (C=O) groups is 3. The molecule has 17 nitrogen and oxygen atoms in total. The van der Waals surface area contributed by atoms with Gasteiger partial charge in [-0.15, -0.1) is 0 Å². The molecule has 6 rings (SSSR count). The Morgan fingerprint density at radius 2 is 0.948 bits per heavy atom. The fourth-order valence-corrected chi connectivity index (χ4v) is 9.62. The van der Waals surface area contributed by atoms with Gasteiger partial charge >= 0.3 is 11.9 Å². The van der Waals surface area contributed by atoms with Gasteiger partial charge in [0, 0.05) is 13.1 Å². The summed E-state index contributed by atoms with van der Waals surface area (Å²) in [5.41, 5.74) is 2.17. The van der Waals surface area contributed by atoms with Gasteiger partial charge in [0.05, 0.1) is 31.7 Å². The molecule has 0 spiro atoms. The van der Waals surface area contributed by atoms with Gasteiger partial charge in [-0.25, -0.2) is 34.5 Å². The standard InChI is InChI=1S/C13H19BrN2O.C13H20BrNO3Si.C12H18BrNO2Si.C8H11BrN2O.C7H6BrNO3/c1-16(2)9-11-12(7-8-13(14)15-11)17-10-5-3-4-6-10;1-13(2,3)19(5,6)18-9-7-8-10(14)15-11(9)12(16)17-4;1-12(2,3)17(4,5)16-10-6-7-11(13)14-9(10)8-15;1-11(2)5-6-7(12)3-4-8(9)10-6;1-12-7(11)6-4(10)2-3-5(8)9-6/h7-8,10H,3-6,9H2,1-2H3;7-8H,1-6H3;6-8H,1-5H3;3-4,12H,5H2,1-2H3;2-3,10H,1H3. The summed E-state index contributed by atoms with van der Waals surface area (Å²) in [7, 11) is 6.57. The van der Waals surface area contributed by atoms with Crippen molar-refractivity contribution in [3.05, 3.63) is 112 Å². The summed E-state index contributed by atoms with van der Waals surface area (Å²) in [6, 6.07) is 17.3. The average Bonchev–Trinajstić information content (AvgIpc) is 3.85. The highest BCUT2D eigenvalue weighted by Gasteiger charge is 2.41. The van der Waals surface area contributed by atoms with Crippen molar-refractivity contribution in [3.63, 3.8) is 0 Å². The van der Waals surface area contributed by atoms with E-state index in [0.29, 0.717) is 49.3 Å². The topological polar surface area (TPSA) is 209 Å². The smallest absolute Gasteiger partial charge is 0.360 e. The van der Waals surface area contributed by atoms with Gasteiger partial charge in [-0.05, 0) is 230 Å². The fraction of sp³-hybridized carbons (Fsp3) is 0.472. The molecule has 0 atom stereocenters. The van der Waals surface area contributed by atoms with Crippen LogP contribution < -0.4 is 13.6 Å². The highest BCUT2D eigenvalue weighted by molar-refractivity contribution is 9.11. The first-order valence-corrected chi connectivity index (χ1v) is 34.1. The van der Waals surface area contributed by atoms with Gasteiger partial charge in [0.2, 0.25) is 0 Å². The molecule has 0 aliphatic heterocycles. The monoisotopic (exact) mass is 1420 g/mol. The zero-order valence-electron chi connectivity index (χ0n) is 46.9. The minimum Gasteiger partial charge on any atom is -0.542 e. The summed E-state index contributed by atoms with van der Waals surface area (Å²) in [5.74, 6) is 0.908. The quantitative estimate of drug-likeness (QED) is 0.0486. The van der Waals surface area contributed by atoms with Crippen LogP contribution in [0.5, 0.6) is 28.7 Å². The molecule has 0 aromatic carbocycles. The second-order valence-electron chi connectivity index (χ2n) is 21.0. The van der Waals surface area contributed by atoms with Crippen molar-refractivity contribution < 1.29 is 47.7 Å². The van der Waals surface area contributed by atoms with Crippen LogP contribution >= 0.6 is 79.6 Å². The molecule has 5 heterocycles. The van der Waals surface area contributed by atoms with E-state index in [1.54, 1.807) is 36.4 Å². The first-order valence-electron chi connectivity index (χ1n) is 24.3. The number of aromatic hydroxyl groups is 2. The number of aldehydes is 1. The zero-order valence-corrected chi connectivity index (χ0v) is 56.8. The molecule has 1 saturated carbocycles. The van der Waals surface area contributed by atoms with Crippen LogP contribution in [0.2, 0.25) is 36.3 Å². The van der Waals surface area contributed by atoms with Gasteiger partial charge in [-0.3, -0.25) is 4.79 Å². The molecule has 0 radical (unpaired) electrons. The van der Waals surface area contributed by atoms with Crippen LogP contribution in [0.15, 0.2) is 83.7 Å². The van der Waals surface area contributed by atoms with Crippen LogP contribution in [0.3, 0.4) is 0 Å². The molecule has 2 N–H and O–H groups in total. The second kappa shape index (κ2) is 31.8. The number of pyridine rings is 5. The van der Waals surface area contributed by atoms with Gasteiger partial charge in [0.1, 0.15) is 57.5 Å². The average molecular weight is 1420 g/mol. The Bertz CT molecular complexity index is 2720. The molecular weight excluding hydrogens is 1350 g/mol. The molecule has 0 unspecified atom stereocenters. The van der Waals surface area contributed by atoms with E-state index in [2.05, 4.69) is 182 Å². The fourth-order valence-electron chi connectivity index (χ4n) is 5.94. The Morgan fingerprint density at radius 1 is 0.571 bits per heavy atom.